The predicted octanol–water partition coefficient (Wildman–Crippen LogP) is 1.73. The molecule has 1 N–H and O–H groups in total. The van der Waals surface area contributed by atoms with Crippen molar-refractivity contribution in [2.45, 2.75) is 24.5 Å². The summed E-state index contributed by atoms with van der Waals surface area (Å²) in [6, 6.07) is 14.2. The highest BCUT2D eigenvalue weighted by Crippen LogP contribution is 2.22. The third-order valence-corrected chi connectivity index (χ3v) is 5.19. The van der Waals surface area contributed by atoms with E-state index in [9.17, 15) is 13.2 Å². The highest BCUT2D eigenvalue weighted by atomic mass is 32.2. The Labute approximate surface area is 151 Å². The topological polar surface area (TPSA) is 109 Å². The maximum Gasteiger partial charge on any atom is 0.330 e. The van der Waals surface area contributed by atoms with Gasteiger partial charge in [0.05, 0.1) is 16.5 Å². The quantitative estimate of drug-likeness (QED) is 0.826. The first-order valence-corrected chi connectivity index (χ1v) is 9.25. The van der Waals surface area contributed by atoms with Crippen LogP contribution in [0.4, 0.5) is 0 Å². The average molecular weight is 369 g/mol. The molecule has 1 atom stereocenters. The van der Waals surface area contributed by atoms with E-state index < -0.39 is 22.0 Å². The normalized spacial score (nSPS) is 17.0. The number of aliphatic imine (C=N–C) groups is 1. The van der Waals surface area contributed by atoms with E-state index in [1.54, 1.807) is 42.5 Å². The highest BCUT2D eigenvalue weighted by molar-refractivity contribution is 7.90. The maximum absolute atomic E-state index is 12.1. The van der Waals surface area contributed by atoms with Gasteiger partial charge in [0.2, 0.25) is 0 Å². The highest BCUT2D eigenvalue weighted by Gasteiger charge is 2.31. The monoisotopic (exact) mass is 369 g/mol. The molecule has 8 heteroatoms. The van der Waals surface area contributed by atoms with Crippen LogP contribution in [0.1, 0.15) is 23.6 Å². The first-order chi connectivity index (χ1) is 12.4. The van der Waals surface area contributed by atoms with Crippen molar-refractivity contribution < 1.29 is 17.9 Å². The van der Waals surface area contributed by atoms with Crippen molar-refractivity contribution in [3.8, 4) is 6.07 Å². The van der Waals surface area contributed by atoms with Crippen LogP contribution in [-0.2, 0) is 26.2 Å². The molecule has 0 amide bonds. The first kappa shape index (κ1) is 17.6. The molecule has 3 rings (SSSR count). The summed E-state index contributed by atoms with van der Waals surface area (Å²) in [6.07, 6.45) is 0. The lowest BCUT2D eigenvalue weighted by atomic mass is 10.1. The zero-order chi connectivity index (χ0) is 18.7. The Morgan fingerprint density at radius 2 is 1.92 bits per heavy atom. The van der Waals surface area contributed by atoms with Crippen molar-refractivity contribution in [2.24, 2.45) is 4.99 Å². The van der Waals surface area contributed by atoms with E-state index in [4.69, 9.17) is 10.00 Å². The van der Waals surface area contributed by atoms with Gasteiger partial charge in [-0.1, -0.05) is 24.3 Å². The number of nitrogens with zero attached hydrogens (tertiary/aromatic N) is 2. The predicted molar refractivity (Wildman–Crippen MR) is 93.7 cm³/mol. The van der Waals surface area contributed by atoms with Crippen molar-refractivity contribution in [3.63, 3.8) is 0 Å². The summed E-state index contributed by atoms with van der Waals surface area (Å²) < 4.78 is 31.7. The van der Waals surface area contributed by atoms with Crippen molar-refractivity contribution in [2.75, 3.05) is 0 Å². The number of esters is 1. The summed E-state index contributed by atoms with van der Waals surface area (Å²) >= 11 is 0. The molecule has 0 saturated carbocycles. The lowest BCUT2D eigenvalue weighted by molar-refractivity contribution is -0.146. The van der Waals surface area contributed by atoms with Gasteiger partial charge in [0.1, 0.15) is 18.5 Å². The summed E-state index contributed by atoms with van der Waals surface area (Å²) in [5.41, 5.74) is 1.69. The molecular formula is C18H15N3O4S. The minimum Gasteiger partial charge on any atom is -0.459 e. The number of benzene rings is 2. The van der Waals surface area contributed by atoms with Gasteiger partial charge in [-0.3, -0.25) is 9.71 Å². The number of hydrogen-bond acceptors (Lipinski definition) is 6. The summed E-state index contributed by atoms with van der Waals surface area (Å²) in [6.45, 7) is 1.57. The minimum absolute atomic E-state index is 0.0437. The van der Waals surface area contributed by atoms with E-state index in [2.05, 4.69) is 9.71 Å². The molecule has 2 aromatic carbocycles. The number of rotatable bonds is 4. The number of sulfonamides is 1. The summed E-state index contributed by atoms with van der Waals surface area (Å²) in [5, 5.41) is 8.76. The largest absolute Gasteiger partial charge is 0.459 e. The first-order valence-electron chi connectivity index (χ1n) is 7.76. The lowest BCUT2D eigenvalue weighted by Crippen LogP contribution is -2.26. The van der Waals surface area contributed by atoms with E-state index in [-0.39, 0.29) is 17.3 Å². The number of fused-ring (bicyclic) bond motifs is 1. The Kier molecular flexibility index (Phi) is 4.73. The molecule has 0 saturated heterocycles. The fourth-order valence-corrected chi connectivity index (χ4v) is 3.67. The smallest absolute Gasteiger partial charge is 0.330 e. The number of nitriles is 1. The number of amidine groups is 1. The zero-order valence-electron chi connectivity index (χ0n) is 13.8. The van der Waals surface area contributed by atoms with E-state index in [0.717, 1.165) is 5.56 Å². The fourth-order valence-electron chi connectivity index (χ4n) is 2.43. The molecule has 0 spiro atoms. The Hall–Kier alpha value is -3.18. The van der Waals surface area contributed by atoms with Gasteiger partial charge in [0, 0.05) is 5.56 Å². The van der Waals surface area contributed by atoms with E-state index >= 15 is 0 Å². The Balaban J connectivity index is 1.69. The number of hydrogen-bond donors (Lipinski definition) is 1. The summed E-state index contributed by atoms with van der Waals surface area (Å²) in [7, 11) is -3.65. The van der Waals surface area contributed by atoms with Gasteiger partial charge in [-0.25, -0.2) is 13.2 Å². The number of carbonyl (C=O) groups is 1. The molecule has 0 fully saturated rings. The second kappa shape index (κ2) is 6.98. The molecule has 0 aromatic heterocycles. The van der Waals surface area contributed by atoms with Gasteiger partial charge in [0.25, 0.3) is 10.0 Å². The van der Waals surface area contributed by atoms with Crippen LogP contribution in [0.5, 0.6) is 0 Å². The number of carbonyl (C=O) groups excluding carboxylic acids is 1. The van der Waals surface area contributed by atoms with Gasteiger partial charge in [0.15, 0.2) is 0 Å². The van der Waals surface area contributed by atoms with Gasteiger partial charge >= 0.3 is 5.97 Å². The number of nitrogens with one attached hydrogen (secondary N) is 1. The molecule has 1 aliphatic rings. The second-order valence-electron chi connectivity index (χ2n) is 5.67. The van der Waals surface area contributed by atoms with Crippen LogP contribution in [0.15, 0.2) is 58.4 Å². The SMILES string of the molecule is C[C@H](N=C1NS(=O)(=O)c2ccccc21)C(=O)OCc1ccc(C#N)cc1. The van der Waals surface area contributed by atoms with Crippen LogP contribution in [0, 0.1) is 11.3 Å². The fraction of sp³-hybridized carbons (Fsp3) is 0.167. The minimum atomic E-state index is -3.65. The van der Waals surface area contributed by atoms with E-state index in [1.165, 1.54) is 13.0 Å². The molecule has 1 aliphatic heterocycles. The molecule has 0 unspecified atom stereocenters. The third kappa shape index (κ3) is 3.58. The molecule has 0 bridgehead atoms. The van der Waals surface area contributed by atoms with Crippen LogP contribution in [-0.4, -0.2) is 26.3 Å². The Morgan fingerprint density at radius 3 is 2.62 bits per heavy atom. The Bertz CT molecular complexity index is 1020. The lowest BCUT2D eigenvalue weighted by Gasteiger charge is -2.09. The molecular weight excluding hydrogens is 354 g/mol. The van der Waals surface area contributed by atoms with Crippen LogP contribution >= 0.6 is 0 Å². The third-order valence-electron chi connectivity index (χ3n) is 3.79. The van der Waals surface area contributed by atoms with Crippen LogP contribution < -0.4 is 4.72 Å². The van der Waals surface area contributed by atoms with E-state index in [1.807, 2.05) is 6.07 Å². The summed E-state index contributed by atoms with van der Waals surface area (Å²) in [4.78, 5) is 16.4. The Morgan fingerprint density at radius 1 is 1.23 bits per heavy atom. The molecule has 0 aliphatic carbocycles. The number of ether oxygens (including phenoxy) is 1. The zero-order valence-corrected chi connectivity index (χ0v) is 14.7. The molecule has 132 valence electrons. The van der Waals surface area contributed by atoms with Crippen molar-refractivity contribution in [1.29, 1.82) is 5.26 Å². The van der Waals surface area contributed by atoms with Gasteiger partial charge < -0.3 is 4.74 Å². The molecule has 1 heterocycles. The van der Waals surface area contributed by atoms with Crippen molar-refractivity contribution >= 4 is 21.8 Å². The van der Waals surface area contributed by atoms with Crippen molar-refractivity contribution in [1.82, 2.24) is 4.72 Å². The van der Waals surface area contributed by atoms with Crippen molar-refractivity contribution in [3.05, 3.63) is 65.2 Å². The molecule has 0 radical (unpaired) electrons. The van der Waals surface area contributed by atoms with Gasteiger partial charge in [-0.15, -0.1) is 0 Å². The maximum atomic E-state index is 12.1. The average Bonchev–Trinajstić information content (AvgIpc) is 2.90. The molecule has 26 heavy (non-hydrogen) atoms. The van der Waals surface area contributed by atoms with Crippen LogP contribution in [0.2, 0.25) is 0 Å². The van der Waals surface area contributed by atoms with Gasteiger partial charge in [-0.05, 0) is 36.8 Å². The van der Waals surface area contributed by atoms with Crippen LogP contribution in [0.3, 0.4) is 0 Å². The second-order valence-corrected chi connectivity index (χ2v) is 7.32. The molecule has 7 nitrogen and oxygen atoms in total. The van der Waals surface area contributed by atoms with Gasteiger partial charge in [-0.2, -0.15) is 5.26 Å². The summed E-state index contributed by atoms with van der Waals surface area (Å²) in [5.74, 6) is -0.450. The van der Waals surface area contributed by atoms with Crippen LogP contribution in [0.25, 0.3) is 0 Å². The molecule has 2 aromatic rings. The standard InChI is InChI=1S/C18H15N3O4S/c1-12(18(22)25-11-14-8-6-13(10-19)7-9-14)20-17-15-4-2-3-5-16(15)26(23,24)21-17/h2-9,12H,11H2,1H3,(H,20,21)/t12-/m0/s1. The van der Waals surface area contributed by atoms with E-state index in [0.29, 0.717) is 11.1 Å².